The monoisotopic (exact) mass is 249 g/mol. The average molecular weight is 250 g/mol. The molecule has 0 heterocycles. The van der Waals surface area contributed by atoms with Crippen LogP contribution in [0.15, 0.2) is 16.6 Å². The molecule has 0 bridgehead atoms. The minimum atomic E-state index is -0.468. The molecule has 1 aromatic carbocycles. The zero-order valence-corrected chi connectivity index (χ0v) is 8.95. The number of nitrogens with one attached hydrogen (secondary N) is 1. The van der Waals surface area contributed by atoms with Crippen molar-refractivity contribution in [2.24, 2.45) is 0 Å². The van der Waals surface area contributed by atoms with Crippen molar-refractivity contribution in [2.75, 3.05) is 5.32 Å². The molecule has 0 aliphatic rings. The summed E-state index contributed by atoms with van der Waals surface area (Å²) in [5.74, 6) is -0.925. The Morgan fingerprint density at radius 3 is 2.38 bits per heavy atom. The molecule has 4 heteroatoms. The van der Waals surface area contributed by atoms with Crippen LogP contribution in [0.4, 0.5) is 14.5 Å². The molecule has 13 heavy (non-hydrogen) atoms. The third-order valence-corrected chi connectivity index (χ3v) is 2.06. The van der Waals surface area contributed by atoms with Gasteiger partial charge in [-0.05, 0) is 35.8 Å². The van der Waals surface area contributed by atoms with E-state index in [2.05, 4.69) is 21.2 Å². The van der Waals surface area contributed by atoms with Crippen molar-refractivity contribution in [1.29, 1.82) is 0 Å². The molecule has 0 amide bonds. The summed E-state index contributed by atoms with van der Waals surface area (Å²) >= 11 is 2.90. The van der Waals surface area contributed by atoms with Gasteiger partial charge in [-0.3, -0.25) is 0 Å². The second-order valence-electron chi connectivity index (χ2n) is 3.05. The smallest absolute Gasteiger partial charge is 0.147 e. The first kappa shape index (κ1) is 10.4. The van der Waals surface area contributed by atoms with Crippen LogP contribution in [0.25, 0.3) is 0 Å². The van der Waals surface area contributed by atoms with Gasteiger partial charge in [0, 0.05) is 12.1 Å². The van der Waals surface area contributed by atoms with Crippen molar-refractivity contribution < 1.29 is 8.78 Å². The Labute approximate surface area is 84.3 Å². The highest BCUT2D eigenvalue weighted by atomic mass is 79.9. The van der Waals surface area contributed by atoms with Gasteiger partial charge in [0.15, 0.2) is 0 Å². The fourth-order valence-electron chi connectivity index (χ4n) is 0.944. The standard InChI is InChI=1S/C9H10BrF2N/c1-5(2)13-9-4-7(11)6(10)3-8(9)12/h3-5,13H,1-2H3. The fraction of sp³-hybridized carbons (Fsp3) is 0.333. The molecule has 1 aromatic rings. The van der Waals surface area contributed by atoms with Crippen LogP contribution in [0.1, 0.15) is 13.8 Å². The molecule has 72 valence electrons. The van der Waals surface area contributed by atoms with E-state index >= 15 is 0 Å². The Morgan fingerprint density at radius 2 is 1.85 bits per heavy atom. The zero-order valence-electron chi connectivity index (χ0n) is 7.37. The number of rotatable bonds is 2. The SMILES string of the molecule is CC(C)Nc1cc(F)c(Br)cc1F. The number of hydrogen-bond donors (Lipinski definition) is 1. The maximum absolute atomic E-state index is 13.1. The molecule has 0 unspecified atom stereocenters. The minimum absolute atomic E-state index is 0.0788. The highest BCUT2D eigenvalue weighted by Crippen LogP contribution is 2.23. The molecule has 0 atom stereocenters. The van der Waals surface area contributed by atoms with Crippen molar-refractivity contribution in [1.82, 2.24) is 0 Å². The lowest BCUT2D eigenvalue weighted by Crippen LogP contribution is -2.11. The van der Waals surface area contributed by atoms with Crippen LogP contribution in [-0.2, 0) is 0 Å². The molecule has 0 aliphatic carbocycles. The largest absolute Gasteiger partial charge is 0.380 e. The Kier molecular flexibility index (Phi) is 3.25. The summed E-state index contributed by atoms with van der Waals surface area (Å²) in [4.78, 5) is 0. The lowest BCUT2D eigenvalue weighted by Gasteiger charge is -2.11. The molecule has 0 aromatic heterocycles. The Balaban J connectivity index is 3.01. The van der Waals surface area contributed by atoms with E-state index in [9.17, 15) is 8.78 Å². The number of benzene rings is 1. The van der Waals surface area contributed by atoms with E-state index in [0.29, 0.717) is 0 Å². The van der Waals surface area contributed by atoms with Crippen molar-refractivity contribution in [3.8, 4) is 0 Å². The highest BCUT2D eigenvalue weighted by molar-refractivity contribution is 9.10. The van der Waals surface area contributed by atoms with Gasteiger partial charge in [0.05, 0.1) is 10.2 Å². The van der Waals surface area contributed by atoms with E-state index in [1.165, 1.54) is 0 Å². The van der Waals surface area contributed by atoms with E-state index in [0.717, 1.165) is 12.1 Å². The van der Waals surface area contributed by atoms with E-state index in [1.54, 1.807) is 0 Å². The second-order valence-corrected chi connectivity index (χ2v) is 3.90. The molecule has 1 rings (SSSR count). The van der Waals surface area contributed by atoms with E-state index in [1.807, 2.05) is 13.8 Å². The first-order valence-electron chi connectivity index (χ1n) is 3.92. The van der Waals surface area contributed by atoms with Crippen molar-refractivity contribution in [3.63, 3.8) is 0 Å². The lowest BCUT2D eigenvalue weighted by atomic mass is 10.2. The Hall–Kier alpha value is -0.640. The van der Waals surface area contributed by atoms with Crippen molar-refractivity contribution in [3.05, 3.63) is 28.2 Å². The van der Waals surface area contributed by atoms with Gasteiger partial charge in [0.25, 0.3) is 0 Å². The summed E-state index contributed by atoms with van der Waals surface area (Å²) in [6.45, 7) is 3.72. The maximum Gasteiger partial charge on any atom is 0.147 e. The zero-order chi connectivity index (χ0) is 10.0. The molecule has 0 saturated carbocycles. The van der Waals surface area contributed by atoms with E-state index < -0.39 is 11.6 Å². The average Bonchev–Trinajstić information content (AvgIpc) is 1.99. The summed E-state index contributed by atoms with van der Waals surface area (Å²) in [5.41, 5.74) is 0.190. The van der Waals surface area contributed by atoms with Crippen LogP contribution in [0.3, 0.4) is 0 Å². The van der Waals surface area contributed by atoms with Crippen LogP contribution < -0.4 is 5.32 Å². The Bertz CT molecular complexity index is 313. The van der Waals surface area contributed by atoms with Crippen LogP contribution in [-0.4, -0.2) is 6.04 Å². The quantitative estimate of drug-likeness (QED) is 0.791. The molecule has 1 nitrogen and oxygen atoms in total. The normalized spacial score (nSPS) is 10.6. The first-order chi connectivity index (χ1) is 6.00. The van der Waals surface area contributed by atoms with Gasteiger partial charge in [0.2, 0.25) is 0 Å². The van der Waals surface area contributed by atoms with Gasteiger partial charge >= 0.3 is 0 Å². The lowest BCUT2D eigenvalue weighted by molar-refractivity contribution is 0.595. The third-order valence-electron chi connectivity index (χ3n) is 1.45. The molecular weight excluding hydrogens is 240 g/mol. The fourth-order valence-corrected chi connectivity index (χ4v) is 1.26. The molecule has 0 saturated heterocycles. The summed E-state index contributed by atoms with van der Waals surface area (Å²) in [6.07, 6.45) is 0. The van der Waals surface area contributed by atoms with Gasteiger partial charge in [-0.15, -0.1) is 0 Å². The number of anilines is 1. The summed E-state index contributed by atoms with van der Waals surface area (Å²) in [6, 6.07) is 2.33. The second kappa shape index (κ2) is 4.05. The van der Waals surface area contributed by atoms with Gasteiger partial charge in [-0.25, -0.2) is 8.78 Å². The van der Waals surface area contributed by atoms with Gasteiger partial charge in [-0.2, -0.15) is 0 Å². The third kappa shape index (κ3) is 2.66. The van der Waals surface area contributed by atoms with E-state index in [-0.39, 0.29) is 16.2 Å². The predicted molar refractivity (Wildman–Crippen MR) is 52.8 cm³/mol. The molecule has 0 fully saturated rings. The van der Waals surface area contributed by atoms with Gasteiger partial charge in [-0.1, -0.05) is 0 Å². The van der Waals surface area contributed by atoms with Gasteiger partial charge in [0.1, 0.15) is 11.6 Å². The van der Waals surface area contributed by atoms with Gasteiger partial charge < -0.3 is 5.32 Å². The van der Waals surface area contributed by atoms with Crippen molar-refractivity contribution in [2.45, 2.75) is 19.9 Å². The summed E-state index contributed by atoms with van der Waals surface area (Å²) in [7, 11) is 0. The molecule has 0 aliphatic heterocycles. The maximum atomic E-state index is 13.1. The highest BCUT2D eigenvalue weighted by Gasteiger charge is 2.08. The first-order valence-corrected chi connectivity index (χ1v) is 4.71. The minimum Gasteiger partial charge on any atom is -0.380 e. The van der Waals surface area contributed by atoms with E-state index in [4.69, 9.17) is 0 Å². The summed E-state index contributed by atoms with van der Waals surface area (Å²) < 4.78 is 26.2. The van der Waals surface area contributed by atoms with Crippen molar-refractivity contribution >= 4 is 21.6 Å². The molecular formula is C9H10BrF2N. The van der Waals surface area contributed by atoms with Crippen LogP contribution in [0.2, 0.25) is 0 Å². The van der Waals surface area contributed by atoms with Crippen LogP contribution >= 0.6 is 15.9 Å². The Morgan fingerprint density at radius 1 is 1.23 bits per heavy atom. The number of halogens is 3. The van der Waals surface area contributed by atoms with Crippen LogP contribution in [0, 0.1) is 11.6 Å². The van der Waals surface area contributed by atoms with Crippen LogP contribution in [0.5, 0.6) is 0 Å². The summed E-state index contributed by atoms with van der Waals surface area (Å²) in [5, 5.41) is 2.81. The molecule has 0 radical (unpaired) electrons. The number of hydrogen-bond acceptors (Lipinski definition) is 1. The molecule has 1 N–H and O–H groups in total. The topological polar surface area (TPSA) is 12.0 Å². The predicted octanol–water partition coefficient (Wildman–Crippen LogP) is 3.55. The molecule has 0 spiro atoms.